The van der Waals surface area contributed by atoms with Gasteiger partial charge in [-0.3, -0.25) is 0 Å². The number of benzene rings is 1. The highest BCUT2D eigenvalue weighted by Gasteiger charge is 2.13. The predicted octanol–water partition coefficient (Wildman–Crippen LogP) is 2.44. The zero-order valence-corrected chi connectivity index (χ0v) is 11.3. The monoisotopic (exact) mass is 259 g/mol. The Morgan fingerprint density at radius 2 is 1.84 bits per heavy atom. The summed E-state index contributed by atoms with van der Waals surface area (Å²) in [5.41, 5.74) is 8.29. The molecule has 19 heavy (non-hydrogen) atoms. The van der Waals surface area contributed by atoms with Crippen LogP contribution in [0.25, 0.3) is 11.1 Å². The summed E-state index contributed by atoms with van der Waals surface area (Å²) in [5.74, 6) is 1.53. The van der Waals surface area contributed by atoms with Crippen LogP contribution >= 0.6 is 0 Å². The molecule has 0 bridgehead atoms. The van der Waals surface area contributed by atoms with Gasteiger partial charge in [0.25, 0.3) is 0 Å². The van der Waals surface area contributed by atoms with Crippen molar-refractivity contribution in [1.29, 1.82) is 0 Å². The van der Waals surface area contributed by atoms with Crippen molar-refractivity contribution in [2.75, 3.05) is 19.5 Å². The maximum Gasteiger partial charge on any atom is 0.226 e. The average molecular weight is 259 g/mol. The first-order valence-corrected chi connectivity index (χ1v) is 6.07. The summed E-state index contributed by atoms with van der Waals surface area (Å²) in [7, 11) is 1.64. The summed E-state index contributed by atoms with van der Waals surface area (Å²) < 4.78 is 10.7. The van der Waals surface area contributed by atoms with Gasteiger partial charge in [0.1, 0.15) is 5.75 Å². The van der Waals surface area contributed by atoms with E-state index in [2.05, 4.69) is 9.97 Å². The zero-order valence-electron chi connectivity index (χ0n) is 11.3. The van der Waals surface area contributed by atoms with E-state index in [9.17, 15) is 0 Å². The minimum absolute atomic E-state index is 0.221. The van der Waals surface area contributed by atoms with Crippen LogP contribution in [0.5, 0.6) is 11.6 Å². The molecule has 2 aromatic rings. The highest BCUT2D eigenvalue weighted by molar-refractivity contribution is 5.72. The Morgan fingerprint density at radius 1 is 1.16 bits per heavy atom. The number of aromatic nitrogens is 2. The number of aryl methyl sites for hydroxylation is 1. The molecule has 0 saturated heterocycles. The molecular weight excluding hydrogens is 242 g/mol. The van der Waals surface area contributed by atoms with Crippen molar-refractivity contribution in [2.24, 2.45) is 0 Å². The largest absolute Gasteiger partial charge is 0.497 e. The van der Waals surface area contributed by atoms with Gasteiger partial charge in [0.15, 0.2) is 0 Å². The molecule has 5 heteroatoms. The molecule has 0 fully saturated rings. The van der Waals surface area contributed by atoms with Crippen molar-refractivity contribution in [2.45, 2.75) is 13.8 Å². The lowest BCUT2D eigenvalue weighted by molar-refractivity contribution is 0.328. The van der Waals surface area contributed by atoms with Gasteiger partial charge in [0.2, 0.25) is 11.8 Å². The molecule has 2 rings (SSSR count). The van der Waals surface area contributed by atoms with Gasteiger partial charge in [-0.25, -0.2) is 4.98 Å². The van der Waals surface area contributed by atoms with Crippen LogP contribution in [0.1, 0.15) is 12.6 Å². The molecule has 0 atom stereocenters. The van der Waals surface area contributed by atoms with Crippen LogP contribution in [-0.2, 0) is 0 Å². The van der Waals surface area contributed by atoms with Gasteiger partial charge < -0.3 is 15.2 Å². The third-order valence-corrected chi connectivity index (χ3v) is 2.73. The molecule has 100 valence electrons. The summed E-state index contributed by atoms with van der Waals surface area (Å²) >= 11 is 0. The molecule has 1 heterocycles. The van der Waals surface area contributed by atoms with Crippen LogP contribution in [0.2, 0.25) is 0 Å². The molecule has 1 aromatic heterocycles. The van der Waals surface area contributed by atoms with Crippen LogP contribution in [-0.4, -0.2) is 23.7 Å². The zero-order chi connectivity index (χ0) is 13.8. The van der Waals surface area contributed by atoms with Crippen molar-refractivity contribution in [3.63, 3.8) is 0 Å². The van der Waals surface area contributed by atoms with E-state index in [0.29, 0.717) is 12.5 Å². The van der Waals surface area contributed by atoms with Gasteiger partial charge >= 0.3 is 0 Å². The van der Waals surface area contributed by atoms with Gasteiger partial charge in [0.05, 0.1) is 25.0 Å². The second-order valence-electron chi connectivity index (χ2n) is 4.01. The van der Waals surface area contributed by atoms with E-state index in [0.717, 1.165) is 22.6 Å². The Kier molecular flexibility index (Phi) is 3.85. The SMILES string of the molecule is CCOc1nc(N)nc(C)c1-c1ccc(OC)cc1. The van der Waals surface area contributed by atoms with Gasteiger partial charge in [-0.2, -0.15) is 4.98 Å². The molecule has 0 unspecified atom stereocenters. The molecular formula is C14H17N3O2. The van der Waals surface area contributed by atoms with E-state index in [4.69, 9.17) is 15.2 Å². The molecule has 0 aliphatic heterocycles. The van der Waals surface area contributed by atoms with E-state index in [1.165, 1.54) is 0 Å². The average Bonchev–Trinajstić information content (AvgIpc) is 2.39. The quantitative estimate of drug-likeness (QED) is 0.913. The Labute approximate surface area is 112 Å². The molecule has 0 radical (unpaired) electrons. The van der Waals surface area contributed by atoms with E-state index in [1.54, 1.807) is 7.11 Å². The number of hydrogen-bond acceptors (Lipinski definition) is 5. The fraction of sp³-hybridized carbons (Fsp3) is 0.286. The number of nitrogen functional groups attached to an aromatic ring is 1. The molecule has 0 saturated carbocycles. The molecule has 0 aliphatic carbocycles. The van der Waals surface area contributed by atoms with Crippen molar-refractivity contribution in [3.05, 3.63) is 30.0 Å². The first kappa shape index (κ1) is 13.1. The number of ether oxygens (including phenoxy) is 2. The Bertz CT molecular complexity index is 568. The number of methoxy groups -OCH3 is 1. The van der Waals surface area contributed by atoms with Gasteiger partial charge in [-0.15, -0.1) is 0 Å². The van der Waals surface area contributed by atoms with Crippen LogP contribution in [0.4, 0.5) is 5.95 Å². The molecule has 0 amide bonds. The Morgan fingerprint density at radius 3 is 2.42 bits per heavy atom. The minimum Gasteiger partial charge on any atom is -0.497 e. The maximum atomic E-state index is 5.66. The normalized spacial score (nSPS) is 10.3. The summed E-state index contributed by atoms with van der Waals surface area (Å²) in [6, 6.07) is 7.67. The lowest BCUT2D eigenvalue weighted by atomic mass is 10.1. The molecule has 0 spiro atoms. The lowest BCUT2D eigenvalue weighted by Gasteiger charge is -2.12. The summed E-state index contributed by atoms with van der Waals surface area (Å²) in [6.07, 6.45) is 0. The summed E-state index contributed by atoms with van der Waals surface area (Å²) in [6.45, 7) is 4.32. The van der Waals surface area contributed by atoms with E-state index >= 15 is 0 Å². The number of hydrogen-bond donors (Lipinski definition) is 1. The standard InChI is InChI=1S/C14H17N3O2/c1-4-19-13-12(9(2)16-14(15)17-13)10-5-7-11(18-3)8-6-10/h5-8H,4H2,1-3H3,(H2,15,16,17). The van der Waals surface area contributed by atoms with E-state index in [-0.39, 0.29) is 5.95 Å². The summed E-state index contributed by atoms with van der Waals surface area (Å²) in [5, 5.41) is 0. The molecule has 5 nitrogen and oxygen atoms in total. The third kappa shape index (κ3) is 2.76. The number of nitrogens with two attached hydrogens (primary N) is 1. The highest BCUT2D eigenvalue weighted by atomic mass is 16.5. The van der Waals surface area contributed by atoms with Gasteiger partial charge in [0, 0.05) is 0 Å². The maximum absolute atomic E-state index is 5.66. The van der Waals surface area contributed by atoms with Crippen molar-refractivity contribution < 1.29 is 9.47 Å². The first-order valence-electron chi connectivity index (χ1n) is 6.07. The molecule has 1 aromatic carbocycles. The topological polar surface area (TPSA) is 70.3 Å². The third-order valence-electron chi connectivity index (χ3n) is 2.73. The minimum atomic E-state index is 0.221. The predicted molar refractivity (Wildman–Crippen MR) is 74.3 cm³/mol. The summed E-state index contributed by atoms with van der Waals surface area (Å²) in [4.78, 5) is 8.35. The Balaban J connectivity index is 2.52. The number of nitrogens with zero attached hydrogens (tertiary/aromatic N) is 2. The number of anilines is 1. The number of rotatable bonds is 4. The Hall–Kier alpha value is -2.30. The highest BCUT2D eigenvalue weighted by Crippen LogP contribution is 2.32. The smallest absolute Gasteiger partial charge is 0.226 e. The van der Waals surface area contributed by atoms with Crippen LogP contribution < -0.4 is 15.2 Å². The van der Waals surface area contributed by atoms with E-state index < -0.39 is 0 Å². The lowest BCUT2D eigenvalue weighted by Crippen LogP contribution is -2.04. The molecule has 2 N–H and O–H groups in total. The van der Waals surface area contributed by atoms with Gasteiger partial charge in [-0.05, 0) is 31.5 Å². The van der Waals surface area contributed by atoms with Crippen molar-refractivity contribution >= 4 is 5.95 Å². The van der Waals surface area contributed by atoms with Crippen LogP contribution in [0, 0.1) is 6.92 Å². The van der Waals surface area contributed by atoms with Crippen LogP contribution in [0.15, 0.2) is 24.3 Å². The van der Waals surface area contributed by atoms with Crippen molar-refractivity contribution in [3.8, 4) is 22.8 Å². The second kappa shape index (κ2) is 5.56. The van der Waals surface area contributed by atoms with E-state index in [1.807, 2.05) is 38.1 Å². The van der Waals surface area contributed by atoms with Crippen molar-refractivity contribution in [1.82, 2.24) is 9.97 Å². The van der Waals surface area contributed by atoms with Gasteiger partial charge in [-0.1, -0.05) is 12.1 Å². The molecule has 0 aliphatic rings. The first-order chi connectivity index (χ1) is 9.15. The fourth-order valence-electron chi connectivity index (χ4n) is 1.90. The second-order valence-corrected chi connectivity index (χ2v) is 4.01. The fourth-order valence-corrected chi connectivity index (χ4v) is 1.90. The van der Waals surface area contributed by atoms with Crippen LogP contribution in [0.3, 0.4) is 0 Å².